The van der Waals surface area contributed by atoms with Gasteiger partial charge in [0.05, 0.1) is 25.4 Å². The van der Waals surface area contributed by atoms with Crippen molar-refractivity contribution in [1.82, 2.24) is 9.55 Å². The Bertz CT molecular complexity index is 1970. The van der Waals surface area contributed by atoms with Crippen LogP contribution >= 0.6 is 15.6 Å². The Labute approximate surface area is 440 Å². The molecular weight excluding hydrogens is 997 g/mol. The Kier molecular flexibility index (Phi) is 33.2. The Hall–Kier alpha value is -3.06. The number of aliphatic hydroxyl groups is 2. The van der Waals surface area contributed by atoms with Gasteiger partial charge in [-0.05, 0) is 63.4 Å². The van der Waals surface area contributed by atoms with Crippen LogP contribution in [0.1, 0.15) is 200 Å². The molecular formula is C53H91N3O16P2. The van der Waals surface area contributed by atoms with Crippen molar-refractivity contribution in [3.63, 3.8) is 0 Å². The first-order chi connectivity index (χ1) is 35.5. The maximum Gasteiger partial charge on any atom is 0.481 e. The largest absolute Gasteiger partial charge is 0.481 e. The van der Waals surface area contributed by atoms with Gasteiger partial charge < -0.3 is 44.7 Å². The molecule has 0 amide bonds. The minimum atomic E-state index is -5.44. The van der Waals surface area contributed by atoms with Crippen molar-refractivity contribution in [3.05, 3.63) is 59.2 Å². The fourth-order valence-electron chi connectivity index (χ4n) is 8.44. The highest BCUT2D eigenvalue weighted by molar-refractivity contribution is 7.61. The highest BCUT2D eigenvalue weighted by Crippen LogP contribution is 2.60. The number of ether oxygens (including phenoxy) is 4. The molecule has 1 aromatic rings. The van der Waals surface area contributed by atoms with Crippen molar-refractivity contribution in [1.29, 1.82) is 0 Å². The highest BCUT2D eigenvalue weighted by Gasteiger charge is 2.46. The van der Waals surface area contributed by atoms with Crippen molar-refractivity contribution in [2.75, 3.05) is 25.6 Å². The SMILES string of the molecule is CCCCC/C=C\C/C=C\C/C=C\CC1OC1CCCC(=O)O[C@H](COC(=O)CCCCCCCCCCCCCCCCC(C)CC)COP(=O)(O)OP(=O)(O)OC[C@H]1O[C@@H](n2ccc(N)nc2=O)[C@H](O)[C@@H]1O. The van der Waals surface area contributed by atoms with E-state index in [9.17, 15) is 43.5 Å². The number of phosphoric ester groups is 2. The summed E-state index contributed by atoms with van der Waals surface area (Å²) in [6, 6.07) is 1.25. The van der Waals surface area contributed by atoms with Crippen molar-refractivity contribution < 1.29 is 71.0 Å². The number of aliphatic hydroxyl groups excluding tert-OH is 2. The van der Waals surface area contributed by atoms with Crippen LogP contribution in [0, 0.1) is 5.92 Å². The molecule has 0 bridgehead atoms. The third kappa shape index (κ3) is 29.5. The first-order valence-corrected chi connectivity index (χ1v) is 30.5. The van der Waals surface area contributed by atoms with Gasteiger partial charge in [-0.15, -0.1) is 0 Å². The number of nitrogens with zero attached hydrogens (tertiary/aromatic N) is 2. The number of esters is 2. The van der Waals surface area contributed by atoms with Gasteiger partial charge >= 0.3 is 33.3 Å². The molecule has 10 atom stereocenters. The van der Waals surface area contributed by atoms with Gasteiger partial charge in [0.1, 0.15) is 30.7 Å². The minimum absolute atomic E-state index is 0.00552. The third-order valence-electron chi connectivity index (χ3n) is 13.2. The summed E-state index contributed by atoms with van der Waals surface area (Å²) in [6.07, 6.45) is 33.7. The predicted molar refractivity (Wildman–Crippen MR) is 284 cm³/mol. The monoisotopic (exact) mass is 1090 g/mol. The molecule has 6 N–H and O–H groups in total. The van der Waals surface area contributed by atoms with Crippen LogP contribution < -0.4 is 11.4 Å². The number of phosphoric acid groups is 2. The normalized spacial score (nSPS) is 22.3. The Morgan fingerprint density at radius 1 is 0.730 bits per heavy atom. The summed E-state index contributed by atoms with van der Waals surface area (Å²) in [4.78, 5) is 62.2. The van der Waals surface area contributed by atoms with Crippen LogP contribution in [0.3, 0.4) is 0 Å². The van der Waals surface area contributed by atoms with Crippen LogP contribution in [0.15, 0.2) is 53.5 Å². The molecule has 424 valence electrons. The lowest BCUT2D eigenvalue weighted by molar-refractivity contribution is -0.161. The first-order valence-electron chi connectivity index (χ1n) is 27.5. The van der Waals surface area contributed by atoms with E-state index in [1.54, 1.807) is 0 Å². The molecule has 2 fully saturated rings. The lowest BCUT2D eigenvalue weighted by Gasteiger charge is -2.21. The van der Waals surface area contributed by atoms with E-state index in [4.69, 9.17) is 33.7 Å². The quantitative estimate of drug-likeness (QED) is 0.0133. The number of carbonyl (C=O) groups is 2. The second-order valence-electron chi connectivity index (χ2n) is 19.7. The van der Waals surface area contributed by atoms with Gasteiger partial charge in [0, 0.05) is 19.0 Å². The number of rotatable bonds is 44. The van der Waals surface area contributed by atoms with Gasteiger partial charge in [-0.3, -0.25) is 23.2 Å². The Morgan fingerprint density at radius 3 is 1.96 bits per heavy atom. The molecule has 2 aliphatic heterocycles. The maximum atomic E-state index is 13.0. The van der Waals surface area contributed by atoms with E-state index in [-0.39, 0.29) is 30.9 Å². The fourth-order valence-corrected chi connectivity index (χ4v) is 10.5. The molecule has 3 rings (SSSR count). The molecule has 1 aromatic heterocycles. The third-order valence-corrected chi connectivity index (χ3v) is 15.8. The zero-order valence-corrected chi connectivity index (χ0v) is 46.3. The second-order valence-corrected chi connectivity index (χ2v) is 22.8. The molecule has 21 heteroatoms. The average molecular weight is 1090 g/mol. The molecule has 2 saturated heterocycles. The van der Waals surface area contributed by atoms with E-state index >= 15 is 0 Å². The summed E-state index contributed by atoms with van der Waals surface area (Å²) >= 11 is 0. The molecule has 5 unspecified atom stereocenters. The molecule has 2 aliphatic rings. The number of nitrogen functional groups attached to an aromatic ring is 1. The Balaban J connectivity index is 1.40. The zero-order valence-electron chi connectivity index (χ0n) is 44.5. The summed E-state index contributed by atoms with van der Waals surface area (Å²) in [5, 5.41) is 21.0. The number of epoxide rings is 1. The molecule has 0 aliphatic carbocycles. The first kappa shape index (κ1) is 65.2. The predicted octanol–water partition coefficient (Wildman–Crippen LogP) is 10.8. The number of aromatic nitrogens is 2. The lowest BCUT2D eigenvalue weighted by atomic mass is 9.99. The van der Waals surface area contributed by atoms with E-state index in [0.29, 0.717) is 19.3 Å². The summed E-state index contributed by atoms with van der Waals surface area (Å²) in [5.74, 6) is -0.523. The molecule has 0 spiro atoms. The second kappa shape index (κ2) is 37.7. The van der Waals surface area contributed by atoms with E-state index in [0.717, 1.165) is 68.0 Å². The summed E-state index contributed by atoms with van der Waals surface area (Å²) in [5.41, 5.74) is 4.59. The van der Waals surface area contributed by atoms with Gasteiger partial charge in [0.2, 0.25) is 0 Å². The Morgan fingerprint density at radius 2 is 1.32 bits per heavy atom. The van der Waals surface area contributed by atoms with Gasteiger partial charge in [-0.25, -0.2) is 13.9 Å². The molecule has 0 saturated carbocycles. The van der Waals surface area contributed by atoms with Crippen molar-refractivity contribution in [2.45, 2.75) is 237 Å². The fraction of sp³-hybridized carbons (Fsp3) is 0.774. The molecule has 0 radical (unpaired) electrons. The van der Waals surface area contributed by atoms with E-state index in [1.165, 1.54) is 96.0 Å². The van der Waals surface area contributed by atoms with Gasteiger partial charge in [-0.1, -0.05) is 166 Å². The van der Waals surface area contributed by atoms with Crippen molar-refractivity contribution in [3.8, 4) is 0 Å². The van der Waals surface area contributed by atoms with Gasteiger partial charge in [0.15, 0.2) is 12.3 Å². The summed E-state index contributed by atoms with van der Waals surface area (Å²) < 4.78 is 62.7. The van der Waals surface area contributed by atoms with Crippen LogP contribution in [-0.4, -0.2) is 97.9 Å². The van der Waals surface area contributed by atoms with Crippen molar-refractivity contribution in [2.24, 2.45) is 5.92 Å². The van der Waals surface area contributed by atoms with Crippen LogP contribution in [0.25, 0.3) is 0 Å². The number of unbranched alkanes of at least 4 members (excludes halogenated alkanes) is 16. The van der Waals surface area contributed by atoms with Crippen molar-refractivity contribution >= 4 is 33.4 Å². The molecule has 19 nitrogen and oxygen atoms in total. The van der Waals surface area contributed by atoms with Crippen LogP contribution in [-0.2, 0) is 51.0 Å². The zero-order chi connectivity index (χ0) is 54.0. The number of hydrogen-bond donors (Lipinski definition) is 5. The van der Waals surface area contributed by atoms with E-state index in [1.807, 2.05) is 0 Å². The minimum Gasteiger partial charge on any atom is -0.462 e. The highest BCUT2D eigenvalue weighted by atomic mass is 31.3. The van der Waals surface area contributed by atoms with Gasteiger partial charge in [0.25, 0.3) is 0 Å². The van der Waals surface area contributed by atoms with Crippen LogP contribution in [0.5, 0.6) is 0 Å². The smallest absolute Gasteiger partial charge is 0.462 e. The molecule has 0 aromatic carbocycles. The number of carbonyl (C=O) groups excluding carboxylic acids is 2. The summed E-state index contributed by atoms with van der Waals surface area (Å²) in [6.45, 7) is 4.44. The number of nitrogens with two attached hydrogens (primary N) is 1. The number of anilines is 1. The number of allylic oxidation sites excluding steroid dienone is 5. The standard InChI is InChI=1S/C53H91N3O16P2/c1-4-6-7-8-9-10-11-17-20-23-26-29-33-44-45(70-44)34-31-36-49(58)69-43(39-66-48(57)35-30-27-24-21-18-15-13-12-14-16-19-22-25-28-32-42(3)5-2)40-67-73(62,63)72-74(64,65)68-41-46-50(59)51(60)52(71-46)56-38-37-47(54)55-53(56)61/h9-10,17,20,26,29,37-38,42-46,50-52,59-60H,4-8,11-16,18-19,21-25,27-28,30-36,39-41H2,1-3H3,(H,62,63)(H,64,65)(H2,54,55,61)/b10-9-,20-17-,29-26-/t42?,43-,44?,45?,46-,50-,51-,52-/m1/s1. The molecule has 3 heterocycles. The average Bonchev–Trinajstić information content (AvgIpc) is 4.05. The topological polar surface area (TPSA) is 278 Å². The summed E-state index contributed by atoms with van der Waals surface area (Å²) in [7, 11) is -10.9. The molecule has 74 heavy (non-hydrogen) atoms. The van der Waals surface area contributed by atoms with Crippen LogP contribution in [0.4, 0.5) is 5.82 Å². The van der Waals surface area contributed by atoms with Gasteiger partial charge in [-0.2, -0.15) is 9.29 Å². The van der Waals surface area contributed by atoms with E-state index < -0.39 is 83.7 Å². The van der Waals surface area contributed by atoms with Crippen LogP contribution in [0.2, 0.25) is 0 Å². The lowest BCUT2D eigenvalue weighted by Crippen LogP contribution is -2.36. The number of hydrogen-bond acceptors (Lipinski definition) is 16. The maximum absolute atomic E-state index is 13.0. The van der Waals surface area contributed by atoms with E-state index in [2.05, 4.69) is 66.5 Å².